The van der Waals surface area contributed by atoms with Gasteiger partial charge in [-0.2, -0.15) is 0 Å². The maximum atomic E-state index is 11.5. The fourth-order valence-corrected chi connectivity index (χ4v) is 2.70. The molecular formula is C12H13BrN2O6. The zero-order valence-electron chi connectivity index (χ0n) is 11.3. The number of hydrogen-bond acceptors (Lipinski definition) is 5. The average Bonchev–Trinajstić information content (AvgIpc) is 2.39. The van der Waals surface area contributed by atoms with Crippen molar-refractivity contribution in [2.24, 2.45) is 0 Å². The summed E-state index contributed by atoms with van der Waals surface area (Å²) in [6.45, 7) is 2.98. The van der Waals surface area contributed by atoms with Crippen molar-refractivity contribution in [3.8, 4) is 0 Å². The quantitative estimate of drug-likeness (QED) is 0.451. The highest BCUT2D eigenvalue weighted by atomic mass is 79.9. The van der Waals surface area contributed by atoms with Crippen LogP contribution < -0.4 is 0 Å². The van der Waals surface area contributed by atoms with Crippen LogP contribution in [0.3, 0.4) is 0 Å². The highest BCUT2D eigenvalue weighted by Crippen LogP contribution is 2.38. The number of carboxylic acids is 2. The SMILES string of the molecule is CCc1c(Br)cnc(C(CC)(C(=O)O)C(=O)O)c1[N+](=O)[O-]. The van der Waals surface area contributed by atoms with E-state index in [1.165, 1.54) is 13.1 Å². The van der Waals surface area contributed by atoms with Gasteiger partial charge in [-0.25, -0.2) is 0 Å². The molecule has 0 unspecified atom stereocenters. The van der Waals surface area contributed by atoms with Gasteiger partial charge in [0.05, 0.1) is 4.92 Å². The largest absolute Gasteiger partial charge is 0.480 e. The zero-order chi connectivity index (χ0) is 16.4. The molecule has 1 heterocycles. The molecule has 114 valence electrons. The summed E-state index contributed by atoms with van der Waals surface area (Å²) < 4.78 is 0.334. The van der Waals surface area contributed by atoms with Gasteiger partial charge in [-0.15, -0.1) is 0 Å². The molecule has 1 aromatic rings. The van der Waals surface area contributed by atoms with E-state index in [9.17, 15) is 29.9 Å². The van der Waals surface area contributed by atoms with Crippen molar-refractivity contribution >= 4 is 33.6 Å². The molecule has 0 amide bonds. The molecule has 0 radical (unpaired) electrons. The van der Waals surface area contributed by atoms with Gasteiger partial charge in [-0.05, 0) is 28.8 Å². The van der Waals surface area contributed by atoms with Crippen molar-refractivity contribution in [3.05, 3.63) is 32.0 Å². The lowest BCUT2D eigenvalue weighted by atomic mass is 9.80. The summed E-state index contributed by atoms with van der Waals surface area (Å²) in [6.07, 6.45) is 1.05. The molecule has 8 nitrogen and oxygen atoms in total. The first-order valence-corrected chi connectivity index (χ1v) is 6.82. The molecule has 1 rings (SSSR count). The molecule has 0 saturated heterocycles. The predicted octanol–water partition coefficient (Wildman–Crippen LogP) is 2.13. The number of carbonyl (C=O) groups is 2. The van der Waals surface area contributed by atoms with Gasteiger partial charge in [0.1, 0.15) is 5.69 Å². The molecule has 9 heteroatoms. The Kier molecular flexibility index (Phi) is 5.00. The first-order valence-electron chi connectivity index (χ1n) is 6.03. The number of halogens is 1. The third kappa shape index (κ3) is 2.60. The van der Waals surface area contributed by atoms with E-state index < -0.39 is 33.7 Å². The Bertz CT molecular complexity index is 602. The molecule has 0 bridgehead atoms. The molecule has 0 spiro atoms. The van der Waals surface area contributed by atoms with Crippen molar-refractivity contribution in [1.29, 1.82) is 0 Å². The van der Waals surface area contributed by atoms with Crippen LogP contribution in [0.1, 0.15) is 31.5 Å². The monoisotopic (exact) mass is 360 g/mol. The van der Waals surface area contributed by atoms with Crippen molar-refractivity contribution in [2.75, 3.05) is 0 Å². The van der Waals surface area contributed by atoms with Gasteiger partial charge in [-0.3, -0.25) is 24.7 Å². The number of aromatic nitrogens is 1. The van der Waals surface area contributed by atoms with Crippen LogP contribution in [0.4, 0.5) is 5.69 Å². The molecule has 21 heavy (non-hydrogen) atoms. The zero-order valence-corrected chi connectivity index (χ0v) is 12.9. The Hall–Kier alpha value is -2.03. The van der Waals surface area contributed by atoms with E-state index in [2.05, 4.69) is 20.9 Å². The van der Waals surface area contributed by atoms with E-state index in [4.69, 9.17) is 0 Å². The average molecular weight is 361 g/mol. The minimum absolute atomic E-state index is 0.213. The fraction of sp³-hybridized carbons (Fsp3) is 0.417. The molecule has 0 aliphatic rings. The molecule has 0 fully saturated rings. The van der Waals surface area contributed by atoms with Crippen molar-refractivity contribution in [3.63, 3.8) is 0 Å². The number of nitrogens with zero attached hydrogens (tertiary/aromatic N) is 2. The number of pyridine rings is 1. The molecule has 0 atom stereocenters. The van der Waals surface area contributed by atoms with E-state index in [0.717, 1.165) is 0 Å². The molecule has 0 aliphatic carbocycles. The minimum Gasteiger partial charge on any atom is -0.480 e. The fourth-order valence-electron chi connectivity index (χ4n) is 2.13. The molecule has 1 aromatic heterocycles. The maximum absolute atomic E-state index is 11.5. The highest BCUT2D eigenvalue weighted by Gasteiger charge is 2.52. The summed E-state index contributed by atoms with van der Waals surface area (Å²) >= 11 is 3.11. The third-order valence-electron chi connectivity index (χ3n) is 3.31. The van der Waals surface area contributed by atoms with E-state index in [1.54, 1.807) is 6.92 Å². The van der Waals surface area contributed by atoms with Crippen molar-refractivity contribution < 1.29 is 24.7 Å². The van der Waals surface area contributed by atoms with Crippen LogP contribution in [-0.4, -0.2) is 32.1 Å². The maximum Gasteiger partial charge on any atom is 0.327 e. The lowest BCUT2D eigenvalue weighted by Gasteiger charge is -2.23. The summed E-state index contributed by atoms with van der Waals surface area (Å²) in [5.41, 5.74) is -3.37. The lowest BCUT2D eigenvalue weighted by Crippen LogP contribution is -2.44. The highest BCUT2D eigenvalue weighted by molar-refractivity contribution is 9.10. The topological polar surface area (TPSA) is 131 Å². The number of rotatable bonds is 6. The first kappa shape index (κ1) is 17.0. The predicted molar refractivity (Wildman–Crippen MR) is 75.2 cm³/mol. The normalized spacial score (nSPS) is 11.2. The summed E-state index contributed by atoms with van der Waals surface area (Å²) in [6, 6.07) is 0. The van der Waals surface area contributed by atoms with Crippen LogP contribution in [0.15, 0.2) is 10.7 Å². The van der Waals surface area contributed by atoms with E-state index in [0.29, 0.717) is 4.47 Å². The minimum atomic E-state index is -2.45. The summed E-state index contributed by atoms with van der Waals surface area (Å²) in [5.74, 6) is -3.37. The summed E-state index contributed by atoms with van der Waals surface area (Å²) in [7, 11) is 0. The van der Waals surface area contributed by atoms with Gasteiger partial charge < -0.3 is 10.2 Å². The van der Waals surface area contributed by atoms with Gasteiger partial charge in [0.2, 0.25) is 5.41 Å². The van der Waals surface area contributed by atoms with Crippen molar-refractivity contribution in [2.45, 2.75) is 32.1 Å². The van der Waals surface area contributed by atoms with Crippen LogP contribution >= 0.6 is 15.9 Å². The number of hydrogen-bond donors (Lipinski definition) is 2. The lowest BCUT2D eigenvalue weighted by molar-refractivity contribution is -0.387. The standard InChI is InChI=1S/C12H13BrN2O6/c1-3-6-7(13)5-14-9(8(6)15(20)21)12(4-2,10(16)17)11(18)19/h5H,3-4H2,1-2H3,(H,16,17)(H,18,19). The smallest absolute Gasteiger partial charge is 0.327 e. The van der Waals surface area contributed by atoms with E-state index in [-0.39, 0.29) is 18.4 Å². The molecular weight excluding hydrogens is 348 g/mol. The summed E-state index contributed by atoms with van der Waals surface area (Å²) in [5, 5.41) is 30.0. The second-order valence-corrected chi connectivity index (χ2v) is 5.12. The van der Waals surface area contributed by atoms with Crippen LogP contribution in [0.25, 0.3) is 0 Å². The summed E-state index contributed by atoms with van der Waals surface area (Å²) in [4.78, 5) is 37.3. The van der Waals surface area contributed by atoms with Gasteiger partial charge in [0, 0.05) is 16.2 Å². The first-order chi connectivity index (χ1) is 9.73. The van der Waals surface area contributed by atoms with Crippen LogP contribution in [-0.2, 0) is 21.4 Å². The van der Waals surface area contributed by atoms with Crippen molar-refractivity contribution in [1.82, 2.24) is 4.98 Å². The number of carboxylic acid groups (broad SMARTS) is 2. The number of nitro groups is 1. The Morgan fingerprint density at radius 1 is 1.38 bits per heavy atom. The molecule has 0 aliphatic heterocycles. The van der Waals surface area contributed by atoms with Gasteiger partial charge in [0.15, 0.2) is 0 Å². The second-order valence-electron chi connectivity index (χ2n) is 4.26. The Labute approximate surface area is 128 Å². The molecule has 0 aromatic carbocycles. The van der Waals surface area contributed by atoms with Gasteiger partial charge in [0.25, 0.3) is 5.69 Å². The van der Waals surface area contributed by atoms with E-state index >= 15 is 0 Å². The second kappa shape index (κ2) is 6.17. The molecule has 0 saturated carbocycles. The van der Waals surface area contributed by atoms with Gasteiger partial charge >= 0.3 is 11.9 Å². The van der Waals surface area contributed by atoms with E-state index in [1.807, 2.05) is 0 Å². The van der Waals surface area contributed by atoms with Crippen LogP contribution in [0.2, 0.25) is 0 Å². The Balaban J connectivity index is 3.88. The Morgan fingerprint density at radius 2 is 1.90 bits per heavy atom. The van der Waals surface area contributed by atoms with Gasteiger partial charge in [-0.1, -0.05) is 13.8 Å². The van der Waals surface area contributed by atoms with Crippen LogP contribution in [0.5, 0.6) is 0 Å². The number of aliphatic carboxylic acids is 2. The Morgan fingerprint density at radius 3 is 2.24 bits per heavy atom. The molecule has 2 N–H and O–H groups in total. The third-order valence-corrected chi connectivity index (χ3v) is 3.99. The van der Waals surface area contributed by atoms with Crippen LogP contribution in [0, 0.1) is 10.1 Å².